The van der Waals surface area contributed by atoms with Gasteiger partial charge in [0.05, 0.1) is 11.2 Å². The van der Waals surface area contributed by atoms with Crippen LogP contribution in [0.1, 0.15) is 27.0 Å². The topological polar surface area (TPSA) is 144 Å². The molecule has 2 aliphatic rings. The summed E-state index contributed by atoms with van der Waals surface area (Å²) in [5.74, 6) is -1.27. The summed E-state index contributed by atoms with van der Waals surface area (Å²) >= 11 is 0. The molecule has 4 heterocycles. The van der Waals surface area contributed by atoms with E-state index in [1.807, 2.05) is 0 Å². The van der Waals surface area contributed by atoms with Gasteiger partial charge < -0.3 is 18.9 Å². The quantitative estimate of drug-likeness (QED) is 0.507. The van der Waals surface area contributed by atoms with Crippen molar-refractivity contribution in [3.63, 3.8) is 0 Å². The summed E-state index contributed by atoms with van der Waals surface area (Å²) in [4.78, 5) is 24.1. The van der Waals surface area contributed by atoms with Crippen molar-refractivity contribution in [1.82, 2.24) is 19.5 Å². The minimum atomic E-state index is -3.88. The predicted molar refractivity (Wildman–Crippen MR) is 117 cm³/mol. The van der Waals surface area contributed by atoms with E-state index in [1.165, 1.54) is 31.7 Å². The van der Waals surface area contributed by atoms with E-state index in [1.54, 1.807) is 36.6 Å². The molecule has 4 atom stereocenters. The number of anilines is 1. The maximum atomic E-state index is 12.8. The highest BCUT2D eigenvalue weighted by molar-refractivity contribution is 7.92. The second-order valence-electron chi connectivity index (χ2n) is 8.40. The molecule has 3 aromatic rings. The number of carbonyl (C=O) groups is 1. The van der Waals surface area contributed by atoms with Crippen molar-refractivity contribution in [2.45, 2.75) is 56.0 Å². The van der Waals surface area contributed by atoms with Crippen molar-refractivity contribution in [3.8, 4) is 0 Å². The van der Waals surface area contributed by atoms with Crippen molar-refractivity contribution in [1.29, 1.82) is 0 Å². The van der Waals surface area contributed by atoms with Crippen LogP contribution in [0.5, 0.6) is 0 Å². The summed E-state index contributed by atoms with van der Waals surface area (Å²) in [6.07, 6.45) is 0.413. The molecule has 0 unspecified atom stereocenters. The number of aromatic nitrogens is 4. The fraction of sp³-hybridized carbons (Fsp3) is 0.429. The average molecular weight is 490 g/mol. The molecule has 0 radical (unpaired) electrons. The summed E-state index contributed by atoms with van der Waals surface area (Å²) in [5.41, 5.74) is 0.578. The number of rotatable bonds is 6. The molecule has 34 heavy (non-hydrogen) atoms. The summed E-state index contributed by atoms with van der Waals surface area (Å²) < 4.78 is 53.0. The Balaban J connectivity index is 1.47. The molecule has 1 aromatic carbocycles. The van der Waals surface area contributed by atoms with E-state index in [2.05, 4.69) is 19.7 Å². The van der Waals surface area contributed by atoms with Crippen LogP contribution in [-0.4, -0.2) is 64.6 Å². The van der Waals surface area contributed by atoms with Gasteiger partial charge in [-0.1, -0.05) is 18.2 Å². The van der Waals surface area contributed by atoms with Crippen LogP contribution < -0.4 is 4.72 Å². The molecule has 0 aliphatic carbocycles. The molecule has 0 spiro atoms. The Kier molecular flexibility index (Phi) is 5.51. The van der Waals surface area contributed by atoms with Crippen LogP contribution in [0.4, 0.5) is 5.82 Å². The number of nitrogens with zero attached hydrogens (tertiary/aromatic N) is 4. The second-order valence-corrected chi connectivity index (χ2v) is 10.1. The first kappa shape index (κ1) is 22.7. The number of hydrogen-bond acceptors (Lipinski definition) is 10. The van der Waals surface area contributed by atoms with Crippen LogP contribution >= 0.6 is 0 Å². The first-order valence-electron chi connectivity index (χ1n) is 10.5. The Hall–Kier alpha value is -3.13. The van der Waals surface area contributed by atoms with Gasteiger partial charge in [0.25, 0.3) is 10.0 Å². The minimum Gasteiger partial charge on any atom is -0.463 e. The number of imidazole rings is 1. The maximum Gasteiger partial charge on any atom is 0.302 e. The van der Waals surface area contributed by atoms with Crippen LogP contribution in [-0.2, 0) is 33.8 Å². The van der Waals surface area contributed by atoms with E-state index in [0.29, 0.717) is 5.65 Å². The number of carbonyl (C=O) groups excluding carboxylic acids is 1. The van der Waals surface area contributed by atoms with E-state index < -0.39 is 46.3 Å². The SMILES string of the molecule is CC(=O)OC[C@H]1O[C@@H](n2cnc3c(NS(=O)(=O)c4ccccc4)ncnc32)[C@@H]2OC(C)(C)O[C@@H]21. The highest BCUT2D eigenvalue weighted by Crippen LogP contribution is 2.44. The molecule has 0 amide bonds. The molecule has 180 valence electrons. The maximum absolute atomic E-state index is 12.8. The average Bonchev–Trinajstić information content (AvgIpc) is 3.44. The van der Waals surface area contributed by atoms with E-state index in [9.17, 15) is 13.2 Å². The number of benzene rings is 1. The van der Waals surface area contributed by atoms with Crippen LogP contribution in [0.15, 0.2) is 47.9 Å². The zero-order valence-electron chi connectivity index (χ0n) is 18.6. The fourth-order valence-electron chi connectivity index (χ4n) is 4.12. The number of nitrogens with one attached hydrogen (secondary N) is 1. The molecule has 12 nitrogen and oxygen atoms in total. The third-order valence-corrected chi connectivity index (χ3v) is 6.85. The zero-order chi connectivity index (χ0) is 24.1. The first-order valence-corrected chi connectivity index (χ1v) is 12.0. The monoisotopic (exact) mass is 489 g/mol. The zero-order valence-corrected chi connectivity index (χ0v) is 19.4. The molecule has 0 bridgehead atoms. The first-order chi connectivity index (χ1) is 16.1. The molecule has 2 aliphatic heterocycles. The molecule has 1 N–H and O–H groups in total. The Morgan fingerprint density at radius 1 is 1.15 bits per heavy atom. The van der Waals surface area contributed by atoms with Gasteiger partial charge in [-0.15, -0.1) is 0 Å². The number of fused-ring (bicyclic) bond motifs is 2. The Bertz CT molecular complexity index is 1330. The highest BCUT2D eigenvalue weighted by Gasteiger charge is 2.56. The Morgan fingerprint density at radius 3 is 2.62 bits per heavy atom. The van der Waals surface area contributed by atoms with E-state index in [0.717, 1.165) is 0 Å². The smallest absolute Gasteiger partial charge is 0.302 e. The second kappa shape index (κ2) is 8.27. The van der Waals surface area contributed by atoms with Gasteiger partial charge in [0.15, 0.2) is 29.0 Å². The third-order valence-electron chi connectivity index (χ3n) is 5.49. The number of esters is 1. The lowest BCUT2D eigenvalue weighted by Crippen LogP contribution is -2.33. The lowest BCUT2D eigenvalue weighted by atomic mass is 10.1. The summed E-state index contributed by atoms with van der Waals surface area (Å²) in [6, 6.07) is 7.94. The molecular formula is C21H23N5O7S. The standard InChI is InChI=1S/C21H23N5O7S/c1-12(27)30-9-14-16-17(33-21(2,3)32-16)20(31-14)26-11-24-15-18(22-10-23-19(15)26)25-34(28,29)13-7-5-4-6-8-13/h4-8,10-11,14,16-17,20H,9H2,1-3H3,(H,22,23,25)/t14-,16-,17-,20-/m1/s1. The molecular weight excluding hydrogens is 466 g/mol. The van der Waals surface area contributed by atoms with Gasteiger partial charge in [0.2, 0.25) is 0 Å². The molecule has 0 saturated carbocycles. The van der Waals surface area contributed by atoms with Crippen molar-refractivity contribution in [2.75, 3.05) is 11.3 Å². The number of sulfonamides is 1. The largest absolute Gasteiger partial charge is 0.463 e. The fourth-order valence-corrected chi connectivity index (χ4v) is 5.15. The Morgan fingerprint density at radius 2 is 1.88 bits per heavy atom. The molecule has 2 fully saturated rings. The van der Waals surface area contributed by atoms with Crippen LogP contribution in [0.25, 0.3) is 11.2 Å². The van der Waals surface area contributed by atoms with Crippen LogP contribution in [0, 0.1) is 0 Å². The number of hydrogen-bond donors (Lipinski definition) is 1. The summed E-state index contributed by atoms with van der Waals surface area (Å²) in [6.45, 7) is 4.89. The van der Waals surface area contributed by atoms with Crippen molar-refractivity contribution in [2.24, 2.45) is 0 Å². The normalized spacial score (nSPS) is 25.9. The van der Waals surface area contributed by atoms with Gasteiger partial charge >= 0.3 is 5.97 Å². The number of ether oxygens (including phenoxy) is 4. The van der Waals surface area contributed by atoms with Crippen molar-refractivity contribution in [3.05, 3.63) is 43.0 Å². The summed E-state index contributed by atoms with van der Waals surface area (Å²) in [5, 5.41) is 0. The molecule has 13 heteroatoms. The third kappa shape index (κ3) is 4.11. The minimum absolute atomic E-state index is 0.00379. The van der Waals surface area contributed by atoms with Gasteiger partial charge in [-0.05, 0) is 26.0 Å². The molecule has 2 saturated heterocycles. The van der Waals surface area contributed by atoms with Crippen molar-refractivity contribution < 1.29 is 32.2 Å². The van der Waals surface area contributed by atoms with E-state index in [4.69, 9.17) is 18.9 Å². The van der Waals surface area contributed by atoms with Crippen LogP contribution in [0.3, 0.4) is 0 Å². The van der Waals surface area contributed by atoms with Gasteiger partial charge in [0, 0.05) is 6.92 Å². The molecule has 5 rings (SSSR count). The van der Waals surface area contributed by atoms with Gasteiger partial charge in [0.1, 0.15) is 31.2 Å². The Labute approximate surface area is 195 Å². The lowest BCUT2D eigenvalue weighted by molar-refractivity contribution is -0.201. The lowest BCUT2D eigenvalue weighted by Gasteiger charge is -2.24. The van der Waals surface area contributed by atoms with E-state index in [-0.39, 0.29) is 22.8 Å². The van der Waals surface area contributed by atoms with Gasteiger partial charge in [-0.25, -0.2) is 23.4 Å². The highest BCUT2D eigenvalue weighted by atomic mass is 32.2. The van der Waals surface area contributed by atoms with Gasteiger partial charge in [-0.3, -0.25) is 14.1 Å². The predicted octanol–water partition coefficient (Wildman–Crippen LogP) is 1.61. The summed E-state index contributed by atoms with van der Waals surface area (Å²) in [7, 11) is -3.88. The van der Waals surface area contributed by atoms with E-state index >= 15 is 0 Å². The van der Waals surface area contributed by atoms with Crippen molar-refractivity contribution >= 4 is 33.0 Å². The van der Waals surface area contributed by atoms with Crippen LogP contribution in [0.2, 0.25) is 0 Å². The molecule has 2 aromatic heterocycles. The van der Waals surface area contributed by atoms with Gasteiger partial charge in [-0.2, -0.15) is 0 Å².